The second-order valence-electron chi connectivity index (χ2n) is 6.43. The van der Waals surface area contributed by atoms with Gasteiger partial charge >= 0.3 is 0 Å². The van der Waals surface area contributed by atoms with Crippen molar-refractivity contribution in [3.8, 4) is 11.5 Å². The molecule has 0 radical (unpaired) electrons. The highest BCUT2D eigenvalue weighted by Crippen LogP contribution is 2.32. The molecule has 0 aliphatic carbocycles. The van der Waals surface area contributed by atoms with Gasteiger partial charge in [-0.2, -0.15) is 0 Å². The summed E-state index contributed by atoms with van der Waals surface area (Å²) in [5, 5.41) is 4.33. The van der Waals surface area contributed by atoms with Crippen molar-refractivity contribution < 1.29 is 14.3 Å². The highest BCUT2D eigenvalue weighted by molar-refractivity contribution is 6.42. The largest absolute Gasteiger partial charge is 0.493 e. The molecular formula is C23H21Cl2NO3. The Bertz CT molecular complexity index is 993. The van der Waals surface area contributed by atoms with Gasteiger partial charge in [-0.05, 0) is 48.0 Å². The monoisotopic (exact) mass is 429 g/mol. The first-order valence-electron chi connectivity index (χ1n) is 9.03. The summed E-state index contributed by atoms with van der Waals surface area (Å²) >= 11 is 12.3. The van der Waals surface area contributed by atoms with Gasteiger partial charge in [0.25, 0.3) is 0 Å². The summed E-state index contributed by atoms with van der Waals surface area (Å²) in [6, 6.07) is 20.0. The van der Waals surface area contributed by atoms with Crippen LogP contribution in [0.15, 0.2) is 66.7 Å². The van der Waals surface area contributed by atoms with E-state index in [1.54, 1.807) is 44.6 Å². The van der Waals surface area contributed by atoms with E-state index < -0.39 is 0 Å². The Hall–Kier alpha value is -2.69. The molecule has 0 saturated carbocycles. The number of para-hydroxylation sites is 1. The molecule has 3 aromatic carbocycles. The summed E-state index contributed by atoms with van der Waals surface area (Å²) in [6.07, 6.45) is 0.225. The number of hydrogen-bond donors (Lipinski definition) is 1. The molecule has 3 rings (SSSR count). The number of hydrogen-bond acceptors (Lipinski definition) is 4. The van der Waals surface area contributed by atoms with Gasteiger partial charge in [-0.15, -0.1) is 0 Å². The molecule has 0 amide bonds. The van der Waals surface area contributed by atoms with E-state index in [-0.39, 0.29) is 18.2 Å². The topological polar surface area (TPSA) is 47.6 Å². The predicted octanol–water partition coefficient (Wildman–Crippen LogP) is 6.44. The molecule has 150 valence electrons. The van der Waals surface area contributed by atoms with Gasteiger partial charge in [-0.3, -0.25) is 4.79 Å². The van der Waals surface area contributed by atoms with E-state index in [4.69, 9.17) is 32.7 Å². The van der Waals surface area contributed by atoms with Crippen LogP contribution in [0.5, 0.6) is 11.5 Å². The van der Waals surface area contributed by atoms with Crippen molar-refractivity contribution in [1.82, 2.24) is 0 Å². The zero-order valence-electron chi connectivity index (χ0n) is 16.1. The van der Waals surface area contributed by atoms with Gasteiger partial charge in [0.2, 0.25) is 0 Å². The molecule has 1 N–H and O–H groups in total. The van der Waals surface area contributed by atoms with E-state index in [9.17, 15) is 4.79 Å². The van der Waals surface area contributed by atoms with Crippen LogP contribution in [-0.4, -0.2) is 20.0 Å². The molecule has 0 heterocycles. The minimum atomic E-state index is -0.284. The number of halogens is 2. The lowest BCUT2D eigenvalue weighted by Gasteiger charge is -2.21. The first-order valence-corrected chi connectivity index (χ1v) is 9.79. The smallest absolute Gasteiger partial charge is 0.165 e. The average molecular weight is 430 g/mol. The lowest BCUT2D eigenvalue weighted by atomic mass is 9.97. The van der Waals surface area contributed by atoms with Gasteiger partial charge in [0.05, 0.1) is 30.3 Å². The van der Waals surface area contributed by atoms with E-state index >= 15 is 0 Å². The Balaban J connectivity index is 1.89. The van der Waals surface area contributed by atoms with Crippen LogP contribution in [-0.2, 0) is 0 Å². The van der Waals surface area contributed by atoms with Crippen molar-refractivity contribution >= 4 is 34.7 Å². The van der Waals surface area contributed by atoms with Crippen LogP contribution in [0.3, 0.4) is 0 Å². The van der Waals surface area contributed by atoms with Crippen molar-refractivity contribution in [3.05, 3.63) is 87.9 Å². The zero-order chi connectivity index (χ0) is 20.8. The van der Waals surface area contributed by atoms with Crippen molar-refractivity contribution in [2.75, 3.05) is 19.5 Å². The zero-order valence-corrected chi connectivity index (χ0v) is 17.6. The third-order valence-corrected chi connectivity index (χ3v) is 5.29. The lowest BCUT2D eigenvalue weighted by Crippen LogP contribution is -2.16. The molecule has 0 saturated heterocycles. The van der Waals surface area contributed by atoms with Crippen LogP contribution in [0, 0.1) is 0 Å². The van der Waals surface area contributed by atoms with Gasteiger partial charge in [0.15, 0.2) is 17.3 Å². The van der Waals surface area contributed by atoms with Crippen LogP contribution >= 0.6 is 23.2 Å². The third-order valence-electron chi connectivity index (χ3n) is 4.56. The fourth-order valence-corrected chi connectivity index (χ4v) is 3.34. The fraction of sp³-hybridized carbons (Fsp3) is 0.174. The van der Waals surface area contributed by atoms with E-state index in [2.05, 4.69) is 5.32 Å². The standard InChI is InChI=1S/C23H21Cl2NO3/c1-28-22-11-9-16(13-23(22)29-2)21(27)14-20(26-17-6-4-3-5-7-17)15-8-10-18(24)19(25)12-15/h3-13,20,26H,14H2,1-2H3. The number of nitrogens with one attached hydrogen (secondary N) is 1. The molecule has 6 heteroatoms. The Labute approximate surface area is 180 Å². The van der Waals surface area contributed by atoms with Crippen molar-refractivity contribution in [3.63, 3.8) is 0 Å². The number of carbonyl (C=O) groups is 1. The number of methoxy groups -OCH3 is 2. The highest BCUT2D eigenvalue weighted by Gasteiger charge is 2.19. The van der Waals surface area contributed by atoms with Crippen molar-refractivity contribution in [2.24, 2.45) is 0 Å². The number of rotatable bonds is 8. The quantitative estimate of drug-likeness (QED) is 0.418. The maximum Gasteiger partial charge on any atom is 0.165 e. The number of Topliss-reactive ketones (excluding diaryl/α,β-unsaturated/α-hetero) is 1. The van der Waals surface area contributed by atoms with E-state index in [1.807, 2.05) is 36.4 Å². The SMILES string of the molecule is COc1ccc(C(=O)CC(Nc2ccccc2)c2ccc(Cl)c(Cl)c2)cc1OC. The molecule has 0 aromatic heterocycles. The molecule has 1 unspecified atom stereocenters. The first kappa shape index (κ1) is 21.0. The van der Waals surface area contributed by atoms with Gasteiger partial charge in [-0.1, -0.05) is 47.5 Å². The maximum atomic E-state index is 13.0. The fourth-order valence-electron chi connectivity index (χ4n) is 3.03. The van der Waals surface area contributed by atoms with Gasteiger partial charge in [0.1, 0.15) is 0 Å². The lowest BCUT2D eigenvalue weighted by molar-refractivity contribution is 0.0976. The molecule has 3 aromatic rings. The number of carbonyl (C=O) groups excluding carboxylic acids is 1. The van der Waals surface area contributed by atoms with Crippen molar-refractivity contribution in [2.45, 2.75) is 12.5 Å². The van der Waals surface area contributed by atoms with E-state index in [0.717, 1.165) is 11.3 Å². The Morgan fingerprint density at radius 3 is 2.28 bits per heavy atom. The number of ketones is 1. The molecule has 0 fully saturated rings. The summed E-state index contributed by atoms with van der Waals surface area (Å²) in [5.41, 5.74) is 2.32. The second kappa shape index (κ2) is 9.68. The van der Waals surface area contributed by atoms with Gasteiger partial charge < -0.3 is 14.8 Å². The highest BCUT2D eigenvalue weighted by atomic mass is 35.5. The van der Waals surface area contributed by atoms with Crippen LogP contribution in [0.25, 0.3) is 0 Å². The summed E-state index contributed by atoms with van der Waals surface area (Å²) in [4.78, 5) is 13.0. The predicted molar refractivity (Wildman–Crippen MR) is 118 cm³/mol. The second-order valence-corrected chi connectivity index (χ2v) is 7.25. The summed E-state index contributed by atoms with van der Waals surface area (Å²) in [5.74, 6) is 1.05. The molecule has 29 heavy (non-hydrogen) atoms. The number of anilines is 1. The molecule has 1 atom stereocenters. The molecule has 0 aliphatic heterocycles. The average Bonchev–Trinajstić information content (AvgIpc) is 2.75. The minimum absolute atomic E-state index is 0.0366. The maximum absolute atomic E-state index is 13.0. The molecular weight excluding hydrogens is 409 g/mol. The molecule has 4 nitrogen and oxygen atoms in total. The third kappa shape index (κ3) is 5.22. The minimum Gasteiger partial charge on any atom is -0.493 e. The van der Waals surface area contributed by atoms with Crippen LogP contribution in [0.4, 0.5) is 5.69 Å². The van der Waals surface area contributed by atoms with Crippen molar-refractivity contribution in [1.29, 1.82) is 0 Å². The summed E-state index contributed by atoms with van der Waals surface area (Å²) in [6.45, 7) is 0. The summed E-state index contributed by atoms with van der Waals surface area (Å²) < 4.78 is 10.6. The van der Waals surface area contributed by atoms with Crippen LogP contribution in [0.2, 0.25) is 10.0 Å². The Morgan fingerprint density at radius 2 is 1.62 bits per heavy atom. The number of benzene rings is 3. The van der Waals surface area contributed by atoms with E-state index in [1.165, 1.54) is 0 Å². The first-order chi connectivity index (χ1) is 14.0. The Kier molecular flexibility index (Phi) is 7.02. The molecule has 0 aliphatic rings. The Morgan fingerprint density at radius 1 is 0.897 bits per heavy atom. The van der Waals surface area contributed by atoms with Gasteiger partial charge in [-0.25, -0.2) is 0 Å². The van der Waals surface area contributed by atoms with Crippen LogP contribution in [0.1, 0.15) is 28.4 Å². The summed E-state index contributed by atoms with van der Waals surface area (Å²) in [7, 11) is 3.10. The van der Waals surface area contributed by atoms with Gasteiger partial charge in [0, 0.05) is 17.7 Å². The van der Waals surface area contributed by atoms with E-state index in [0.29, 0.717) is 27.1 Å². The normalized spacial score (nSPS) is 11.6. The molecule has 0 spiro atoms. The number of ether oxygens (including phenoxy) is 2. The molecule has 0 bridgehead atoms. The van der Waals surface area contributed by atoms with Crippen LogP contribution < -0.4 is 14.8 Å².